The molecule has 0 bridgehead atoms. The van der Waals surface area contributed by atoms with Crippen molar-refractivity contribution in [1.29, 1.82) is 0 Å². The van der Waals surface area contributed by atoms with Gasteiger partial charge in [0, 0.05) is 0 Å². The van der Waals surface area contributed by atoms with E-state index in [1.807, 2.05) is 37.3 Å². The number of nitrogens with one attached hydrogen (secondary N) is 1. The molecule has 0 spiro atoms. The molecule has 94 valence electrons. The predicted molar refractivity (Wildman–Crippen MR) is 75.5 cm³/mol. The van der Waals surface area contributed by atoms with Crippen LogP contribution in [0.25, 0.3) is 5.03 Å². The van der Waals surface area contributed by atoms with Crippen molar-refractivity contribution in [2.75, 3.05) is 0 Å². The molecule has 0 fully saturated rings. The number of hydrogen-bond donors (Lipinski definition) is 1. The van der Waals surface area contributed by atoms with E-state index in [2.05, 4.69) is 11.4 Å². The monoisotopic (exact) mass is 298 g/mol. The molecule has 4 heteroatoms. The SMILES string of the molecule is C/C=C\C=C(\[CH-]/C=C(/Cl)c1[c-]cccc1)NC=O.[K+]. The van der Waals surface area contributed by atoms with Gasteiger partial charge in [-0.2, -0.15) is 0 Å². The molecule has 1 aromatic rings. The van der Waals surface area contributed by atoms with E-state index in [0.29, 0.717) is 17.1 Å². The largest absolute Gasteiger partial charge is 1.00 e. The molecule has 1 N–H and O–H groups in total. The van der Waals surface area contributed by atoms with E-state index in [4.69, 9.17) is 11.6 Å². The van der Waals surface area contributed by atoms with Gasteiger partial charge < -0.3 is 5.32 Å². The molecule has 0 aromatic heterocycles. The first-order chi connectivity index (χ1) is 8.77. The van der Waals surface area contributed by atoms with Gasteiger partial charge >= 0.3 is 51.4 Å². The second kappa shape index (κ2) is 11.5. The van der Waals surface area contributed by atoms with Gasteiger partial charge in [-0.05, 0) is 12.0 Å². The number of carbonyl (C=O) groups excluding carboxylic acids is 1. The Bertz CT molecular complexity index is 466. The molecule has 0 aliphatic heterocycles. The zero-order chi connectivity index (χ0) is 13.2. The minimum atomic E-state index is 0. The smallest absolute Gasteiger partial charge is 0.352 e. The van der Waals surface area contributed by atoms with E-state index in [9.17, 15) is 4.79 Å². The predicted octanol–water partition coefficient (Wildman–Crippen LogP) is 0.481. The summed E-state index contributed by atoms with van der Waals surface area (Å²) in [5.74, 6) is 0. The Hall–Kier alpha value is -0.294. The third kappa shape index (κ3) is 7.77. The van der Waals surface area contributed by atoms with Crippen molar-refractivity contribution in [3.63, 3.8) is 0 Å². The Morgan fingerprint density at radius 2 is 2.26 bits per heavy atom. The normalized spacial score (nSPS) is 11.9. The van der Waals surface area contributed by atoms with Crippen molar-refractivity contribution in [3.05, 3.63) is 72.3 Å². The first-order valence-corrected chi connectivity index (χ1v) is 5.86. The summed E-state index contributed by atoms with van der Waals surface area (Å²) in [6.45, 7) is 1.90. The number of benzene rings is 1. The van der Waals surface area contributed by atoms with Gasteiger partial charge in [0.1, 0.15) is 0 Å². The van der Waals surface area contributed by atoms with Crippen LogP contribution in [-0.2, 0) is 4.79 Å². The molecule has 0 saturated carbocycles. The van der Waals surface area contributed by atoms with Gasteiger partial charge in [-0.1, -0.05) is 11.8 Å². The Morgan fingerprint density at radius 1 is 1.47 bits per heavy atom. The van der Waals surface area contributed by atoms with Crippen LogP contribution in [0.15, 0.2) is 54.3 Å². The van der Waals surface area contributed by atoms with Crippen molar-refractivity contribution in [2.45, 2.75) is 6.92 Å². The summed E-state index contributed by atoms with van der Waals surface area (Å²) in [6.07, 6.45) is 9.57. The quantitative estimate of drug-likeness (QED) is 0.352. The molecule has 1 aromatic carbocycles. The number of halogens is 1. The molecule has 1 amide bonds. The van der Waals surface area contributed by atoms with Crippen LogP contribution in [0.5, 0.6) is 0 Å². The van der Waals surface area contributed by atoms with Crippen LogP contribution in [-0.4, -0.2) is 6.41 Å². The van der Waals surface area contributed by atoms with Crippen molar-refractivity contribution in [1.82, 2.24) is 5.32 Å². The molecule has 0 atom stereocenters. The minimum absolute atomic E-state index is 0. The average molecular weight is 299 g/mol. The van der Waals surface area contributed by atoms with Crippen molar-refractivity contribution in [2.24, 2.45) is 0 Å². The molecule has 2 nitrogen and oxygen atoms in total. The summed E-state index contributed by atoms with van der Waals surface area (Å²) < 4.78 is 0. The van der Waals surface area contributed by atoms with E-state index in [1.54, 1.807) is 24.6 Å². The number of rotatable bonds is 6. The van der Waals surface area contributed by atoms with Crippen LogP contribution in [0, 0.1) is 12.5 Å². The van der Waals surface area contributed by atoms with Crippen LogP contribution < -0.4 is 56.7 Å². The minimum Gasteiger partial charge on any atom is -0.352 e. The number of carbonyl (C=O) groups is 1. The molecule has 0 unspecified atom stereocenters. The summed E-state index contributed by atoms with van der Waals surface area (Å²) in [4.78, 5) is 10.4. The maximum absolute atomic E-state index is 10.4. The number of allylic oxidation sites excluding steroid dienone is 4. The van der Waals surface area contributed by atoms with Crippen molar-refractivity contribution >= 4 is 23.0 Å². The van der Waals surface area contributed by atoms with Gasteiger partial charge in [-0.15, -0.1) is 72.1 Å². The van der Waals surface area contributed by atoms with E-state index in [-0.39, 0.29) is 51.4 Å². The molecule has 0 saturated heterocycles. The van der Waals surface area contributed by atoms with Crippen molar-refractivity contribution in [3.8, 4) is 0 Å². The fourth-order valence-electron chi connectivity index (χ4n) is 1.21. The van der Waals surface area contributed by atoms with Crippen LogP contribution in [0.3, 0.4) is 0 Å². The van der Waals surface area contributed by atoms with E-state index in [0.717, 1.165) is 5.56 Å². The molecule has 19 heavy (non-hydrogen) atoms. The fraction of sp³-hybridized carbons (Fsp3) is 0.0667. The van der Waals surface area contributed by atoms with Crippen LogP contribution >= 0.6 is 11.6 Å². The Kier molecular flexibility index (Phi) is 11.3. The van der Waals surface area contributed by atoms with Gasteiger partial charge in [-0.3, -0.25) is 4.79 Å². The first kappa shape index (κ1) is 18.7. The maximum Gasteiger partial charge on any atom is 1.00 e. The van der Waals surface area contributed by atoms with Crippen LogP contribution in [0.2, 0.25) is 0 Å². The molecule has 0 radical (unpaired) electrons. The van der Waals surface area contributed by atoms with Crippen molar-refractivity contribution < 1.29 is 56.2 Å². The zero-order valence-electron chi connectivity index (χ0n) is 11.1. The summed E-state index contributed by atoms with van der Waals surface area (Å²) >= 11 is 6.12. The second-order valence-corrected chi connectivity index (χ2v) is 3.77. The summed E-state index contributed by atoms with van der Waals surface area (Å²) in [5, 5.41) is 3.15. The van der Waals surface area contributed by atoms with Crippen LogP contribution in [0.1, 0.15) is 12.5 Å². The maximum atomic E-state index is 10.4. The summed E-state index contributed by atoms with van der Waals surface area (Å²) in [7, 11) is 0. The third-order valence-electron chi connectivity index (χ3n) is 2.07. The molecule has 0 aliphatic carbocycles. The Balaban J connectivity index is 0.00000324. The van der Waals surface area contributed by atoms with Gasteiger partial charge in [-0.25, -0.2) is 0 Å². The van der Waals surface area contributed by atoms with E-state index in [1.165, 1.54) is 0 Å². The Labute approximate surface area is 162 Å². The second-order valence-electron chi connectivity index (χ2n) is 3.37. The third-order valence-corrected chi connectivity index (χ3v) is 2.40. The molecular formula is C15H14ClKNO-. The van der Waals surface area contributed by atoms with E-state index < -0.39 is 0 Å². The summed E-state index contributed by atoms with van der Waals surface area (Å²) in [5.41, 5.74) is 1.48. The van der Waals surface area contributed by atoms with Gasteiger partial charge in [0.05, 0.1) is 0 Å². The molecular weight excluding hydrogens is 285 g/mol. The number of hydrogen-bond acceptors (Lipinski definition) is 1. The van der Waals surface area contributed by atoms with Crippen LogP contribution in [0.4, 0.5) is 0 Å². The summed E-state index contributed by atoms with van der Waals surface area (Å²) in [6, 6.07) is 10.5. The molecule has 0 heterocycles. The topological polar surface area (TPSA) is 29.1 Å². The van der Waals surface area contributed by atoms with Gasteiger partial charge in [0.2, 0.25) is 6.41 Å². The average Bonchev–Trinajstić information content (AvgIpc) is 2.42. The zero-order valence-corrected chi connectivity index (χ0v) is 14.9. The molecule has 0 aliphatic rings. The standard InChI is InChI=1S/C15H14ClNO.K/c1-2-3-9-14(17-12-18)10-11-15(16)13-7-5-4-6-8-13;/h2-7,9-12H,1H3,(H,17,18);/q-2;+1/b3-2-,14-9-,15-11+;. The Morgan fingerprint density at radius 3 is 2.84 bits per heavy atom. The van der Waals surface area contributed by atoms with Gasteiger partial charge in [0.25, 0.3) is 0 Å². The fourth-order valence-corrected chi connectivity index (χ4v) is 1.39. The molecule has 1 rings (SSSR count). The number of amides is 1. The van der Waals surface area contributed by atoms with Gasteiger partial charge in [0.15, 0.2) is 0 Å². The van der Waals surface area contributed by atoms with E-state index >= 15 is 0 Å². The first-order valence-electron chi connectivity index (χ1n) is 5.48.